The van der Waals surface area contributed by atoms with Gasteiger partial charge in [0.15, 0.2) is 0 Å². The minimum Gasteiger partial charge on any atom is -0.490 e. The molecular formula is C39H42ClN7O6S2. The lowest BCUT2D eigenvalue weighted by Crippen LogP contribution is -2.50. The Bertz CT molecular complexity index is 2060. The third kappa shape index (κ3) is 12.3. The van der Waals surface area contributed by atoms with Gasteiger partial charge in [-0.1, -0.05) is 54.6 Å². The number of hydrogen-bond acceptors (Lipinski definition) is 13. The lowest BCUT2D eigenvalue weighted by molar-refractivity contribution is -0.148. The SMILES string of the molecule is CCCNc1nc(SCc2csc(-c3ccc(Cl)cc3)n2)c(C#N)c(-c2ccc(OCCOC(=O)[C@H](C)NC(=O)[C@H](C)NC(=O)OC(C)(C)C)cc2)c1C#N. The molecule has 0 aliphatic carbocycles. The standard InChI is InChI=1S/C39H42ClN7O6S2/c1-7-16-43-33-30(19-41)32(31(20-42)36(47-33)55-22-28-21-54-35(46-28)26-8-12-27(40)13-9-26)25-10-14-29(15-11-25)51-17-18-52-37(49)24(3)44-34(48)23(2)45-38(50)53-39(4,5)6/h8-15,21,23-24H,7,16-18,22H2,1-6H3,(H,43,47)(H,44,48)(H,45,50)/t23-,24-/m0/s1. The topological polar surface area (TPSA) is 188 Å². The predicted molar refractivity (Wildman–Crippen MR) is 213 cm³/mol. The van der Waals surface area contributed by atoms with Crippen LogP contribution in [0, 0.1) is 22.7 Å². The van der Waals surface area contributed by atoms with E-state index < -0.39 is 35.7 Å². The highest BCUT2D eigenvalue weighted by atomic mass is 35.5. The summed E-state index contributed by atoms with van der Waals surface area (Å²) in [4.78, 5) is 46.4. The van der Waals surface area contributed by atoms with Crippen molar-refractivity contribution in [3.63, 3.8) is 0 Å². The predicted octanol–water partition coefficient (Wildman–Crippen LogP) is 7.72. The maximum Gasteiger partial charge on any atom is 0.408 e. The molecule has 0 aliphatic rings. The Kier molecular flexibility index (Phi) is 15.3. The lowest BCUT2D eigenvalue weighted by Gasteiger charge is -2.22. The summed E-state index contributed by atoms with van der Waals surface area (Å²) >= 11 is 8.93. The molecular weight excluding hydrogens is 762 g/mol. The smallest absolute Gasteiger partial charge is 0.408 e. The number of carbonyl (C=O) groups is 3. The van der Waals surface area contributed by atoms with Gasteiger partial charge in [0.25, 0.3) is 0 Å². The van der Waals surface area contributed by atoms with E-state index in [0.717, 1.165) is 22.7 Å². The van der Waals surface area contributed by atoms with Crippen molar-refractivity contribution in [2.24, 2.45) is 0 Å². The maximum atomic E-state index is 12.5. The molecule has 0 spiro atoms. The van der Waals surface area contributed by atoms with Crippen LogP contribution in [0.25, 0.3) is 21.7 Å². The number of alkyl carbamates (subject to hydrolysis) is 1. The molecule has 2 aromatic carbocycles. The number of pyridine rings is 1. The molecule has 0 bridgehead atoms. The van der Waals surface area contributed by atoms with Crippen LogP contribution in [0.2, 0.25) is 5.02 Å². The molecule has 4 rings (SSSR count). The maximum absolute atomic E-state index is 12.5. The Morgan fingerprint density at radius 1 is 0.927 bits per heavy atom. The number of rotatable bonds is 16. The minimum absolute atomic E-state index is 0.0206. The third-order valence-electron chi connectivity index (χ3n) is 7.51. The van der Waals surface area contributed by atoms with Gasteiger partial charge in [0, 0.05) is 33.8 Å². The van der Waals surface area contributed by atoms with Crippen LogP contribution >= 0.6 is 34.7 Å². The molecule has 0 saturated heterocycles. The first-order valence-electron chi connectivity index (χ1n) is 17.4. The summed E-state index contributed by atoms with van der Waals surface area (Å²) in [6.07, 6.45) is 0.0513. The minimum atomic E-state index is -0.980. The molecule has 288 valence electrons. The fourth-order valence-corrected chi connectivity index (χ4v) is 6.81. The van der Waals surface area contributed by atoms with Gasteiger partial charge in [-0.05, 0) is 70.9 Å². The molecule has 2 heterocycles. The van der Waals surface area contributed by atoms with Crippen LogP contribution in [-0.2, 0) is 24.8 Å². The van der Waals surface area contributed by atoms with E-state index in [4.69, 9.17) is 35.8 Å². The molecule has 55 heavy (non-hydrogen) atoms. The Morgan fingerprint density at radius 3 is 2.24 bits per heavy atom. The number of carbonyl (C=O) groups excluding carboxylic acids is 3. The van der Waals surface area contributed by atoms with Crippen molar-refractivity contribution >= 4 is 58.5 Å². The molecule has 4 aromatic rings. The van der Waals surface area contributed by atoms with E-state index in [1.165, 1.54) is 36.9 Å². The van der Waals surface area contributed by atoms with E-state index in [-0.39, 0.29) is 24.3 Å². The quantitative estimate of drug-likeness (QED) is 0.0569. The third-order valence-corrected chi connectivity index (χ3v) is 9.71. The number of benzene rings is 2. The summed E-state index contributed by atoms with van der Waals surface area (Å²) in [7, 11) is 0. The van der Waals surface area contributed by atoms with Crippen molar-refractivity contribution in [2.45, 2.75) is 76.4 Å². The zero-order valence-corrected chi connectivity index (χ0v) is 33.7. The number of nitriles is 2. The Balaban J connectivity index is 1.40. The molecule has 0 unspecified atom stereocenters. The molecule has 16 heteroatoms. The van der Waals surface area contributed by atoms with Crippen LogP contribution in [0.1, 0.15) is 64.8 Å². The van der Waals surface area contributed by atoms with Crippen molar-refractivity contribution in [3.05, 3.63) is 75.8 Å². The van der Waals surface area contributed by atoms with Gasteiger partial charge < -0.3 is 30.2 Å². The molecule has 0 saturated carbocycles. The largest absolute Gasteiger partial charge is 0.490 e. The van der Waals surface area contributed by atoms with Crippen LogP contribution in [0.15, 0.2) is 58.9 Å². The van der Waals surface area contributed by atoms with Gasteiger partial charge in [-0.3, -0.25) is 4.79 Å². The monoisotopic (exact) mass is 803 g/mol. The second kappa shape index (κ2) is 19.8. The van der Waals surface area contributed by atoms with Crippen LogP contribution in [0.4, 0.5) is 10.6 Å². The number of halogens is 1. The zero-order valence-electron chi connectivity index (χ0n) is 31.3. The number of aromatic nitrogens is 2. The van der Waals surface area contributed by atoms with E-state index in [2.05, 4.69) is 28.1 Å². The normalized spacial score (nSPS) is 12.0. The summed E-state index contributed by atoms with van der Waals surface area (Å²) < 4.78 is 16.2. The number of esters is 1. The second-order valence-electron chi connectivity index (χ2n) is 13.1. The lowest BCUT2D eigenvalue weighted by atomic mass is 9.96. The van der Waals surface area contributed by atoms with Gasteiger partial charge in [-0.25, -0.2) is 19.6 Å². The highest BCUT2D eigenvalue weighted by Gasteiger charge is 2.25. The van der Waals surface area contributed by atoms with E-state index in [1.54, 1.807) is 45.0 Å². The number of hydrogen-bond donors (Lipinski definition) is 3. The van der Waals surface area contributed by atoms with Crippen LogP contribution < -0.4 is 20.7 Å². The Labute approximate surface area is 333 Å². The van der Waals surface area contributed by atoms with Crippen LogP contribution in [0.3, 0.4) is 0 Å². The summed E-state index contributed by atoms with van der Waals surface area (Å²) in [6.45, 7) is 10.6. The van der Waals surface area contributed by atoms with E-state index >= 15 is 0 Å². The summed E-state index contributed by atoms with van der Waals surface area (Å²) in [5.41, 5.74) is 2.66. The molecule has 2 aromatic heterocycles. The van der Waals surface area contributed by atoms with E-state index in [1.807, 2.05) is 36.6 Å². The van der Waals surface area contributed by atoms with Crippen LogP contribution in [0.5, 0.6) is 5.75 Å². The van der Waals surface area contributed by atoms with Gasteiger partial charge in [0.1, 0.15) is 70.2 Å². The number of ether oxygens (including phenoxy) is 3. The number of amides is 2. The number of nitrogens with zero attached hydrogens (tertiary/aromatic N) is 4. The average Bonchev–Trinajstić information content (AvgIpc) is 3.63. The summed E-state index contributed by atoms with van der Waals surface area (Å²) in [5, 5.41) is 32.8. The van der Waals surface area contributed by atoms with Crippen molar-refractivity contribution < 1.29 is 28.6 Å². The molecule has 2 amide bonds. The molecule has 2 atom stereocenters. The highest BCUT2D eigenvalue weighted by Crippen LogP contribution is 2.38. The first-order chi connectivity index (χ1) is 26.2. The summed E-state index contributed by atoms with van der Waals surface area (Å²) in [5.74, 6) is 0.0512. The van der Waals surface area contributed by atoms with E-state index in [0.29, 0.717) is 45.0 Å². The number of thioether (sulfide) groups is 1. The Morgan fingerprint density at radius 2 is 1.60 bits per heavy atom. The number of nitrogens with one attached hydrogen (secondary N) is 3. The van der Waals surface area contributed by atoms with Gasteiger partial charge in [-0.15, -0.1) is 11.3 Å². The van der Waals surface area contributed by atoms with Gasteiger partial charge in [0.05, 0.1) is 11.3 Å². The molecule has 0 aliphatic heterocycles. The molecule has 0 radical (unpaired) electrons. The van der Waals surface area contributed by atoms with Gasteiger partial charge >= 0.3 is 12.1 Å². The fraction of sp³-hybridized carbons (Fsp3) is 0.359. The van der Waals surface area contributed by atoms with Gasteiger partial charge in [-0.2, -0.15) is 10.5 Å². The zero-order chi connectivity index (χ0) is 40.1. The van der Waals surface area contributed by atoms with Crippen LogP contribution in [-0.4, -0.2) is 65.4 Å². The second-order valence-corrected chi connectivity index (χ2v) is 15.4. The molecule has 3 N–H and O–H groups in total. The van der Waals surface area contributed by atoms with Crippen molar-refractivity contribution in [1.82, 2.24) is 20.6 Å². The Hall–Kier alpha value is -5.35. The fourth-order valence-electron chi connectivity index (χ4n) is 4.87. The van der Waals surface area contributed by atoms with Crippen molar-refractivity contribution in [3.8, 4) is 39.6 Å². The van der Waals surface area contributed by atoms with E-state index in [9.17, 15) is 24.9 Å². The summed E-state index contributed by atoms with van der Waals surface area (Å²) in [6, 6.07) is 17.0. The van der Waals surface area contributed by atoms with Crippen molar-refractivity contribution in [2.75, 3.05) is 25.1 Å². The number of anilines is 1. The number of thiazole rings is 1. The van der Waals surface area contributed by atoms with Crippen molar-refractivity contribution in [1.29, 1.82) is 10.5 Å². The van der Waals surface area contributed by atoms with Gasteiger partial charge in [0.2, 0.25) is 5.91 Å². The highest BCUT2D eigenvalue weighted by molar-refractivity contribution is 7.98. The molecule has 13 nitrogen and oxygen atoms in total. The first-order valence-corrected chi connectivity index (χ1v) is 19.6. The average molecular weight is 804 g/mol. The first kappa shape index (κ1) is 42.4. The molecule has 0 fully saturated rings.